The number of amides is 1. The Balaban J connectivity index is 1.86. The van der Waals surface area contributed by atoms with Gasteiger partial charge in [0.2, 0.25) is 0 Å². The van der Waals surface area contributed by atoms with E-state index in [2.05, 4.69) is 10.4 Å². The summed E-state index contributed by atoms with van der Waals surface area (Å²) in [6.07, 6.45) is 3.31. The number of nitrogens with two attached hydrogens (primary N) is 1. The first-order valence-corrected chi connectivity index (χ1v) is 9.23. The number of primary amides is 1. The van der Waals surface area contributed by atoms with E-state index in [1.165, 1.54) is 13.1 Å². The molecule has 0 saturated heterocycles. The molecule has 0 fully saturated rings. The van der Waals surface area contributed by atoms with Gasteiger partial charge in [0.25, 0.3) is 5.91 Å². The maximum atomic E-state index is 12.4. The number of rotatable bonds is 6. The molecule has 0 aliphatic heterocycles. The number of hydrogen-bond donors (Lipinski definition) is 2. The van der Waals surface area contributed by atoms with Crippen molar-refractivity contribution in [2.75, 3.05) is 5.32 Å². The minimum atomic E-state index is -0.615. The molecule has 0 aliphatic carbocycles. The molecule has 2 heterocycles. The second-order valence-electron chi connectivity index (χ2n) is 6.82. The van der Waals surface area contributed by atoms with E-state index in [0.29, 0.717) is 11.2 Å². The van der Waals surface area contributed by atoms with Crippen LogP contribution in [0.2, 0.25) is 0 Å². The third-order valence-electron chi connectivity index (χ3n) is 4.84. The quantitative estimate of drug-likeness (QED) is 0.528. The number of carbonyl (C=O) groups excluding carboxylic acids is 2. The van der Waals surface area contributed by atoms with Crippen molar-refractivity contribution in [2.45, 2.75) is 13.0 Å². The molecule has 2 aromatic heterocycles. The molecule has 29 heavy (non-hydrogen) atoms. The van der Waals surface area contributed by atoms with Crippen LogP contribution in [0.3, 0.4) is 0 Å². The van der Waals surface area contributed by atoms with Crippen LogP contribution in [0.15, 0.2) is 79.1 Å². The third-order valence-corrected chi connectivity index (χ3v) is 4.84. The predicted molar refractivity (Wildman–Crippen MR) is 113 cm³/mol. The van der Waals surface area contributed by atoms with Gasteiger partial charge in [0, 0.05) is 11.8 Å². The van der Waals surface area contributed by atoms with Crippen molar-refractivity contribution < 1.29 is 9.59 Å². The van der Waals surface area contributed by atoms with Crippen LogP contribution >= 0.6 is 0 Å². The van der Waals surface area contributed by atoms with E-state index in [0.717, 1.165) is 16.7 Å². The van der Waals surface area contributed by atoms with Gasteiger partial charge in [0.15, 0.2) is 5.78 Å². The molecular weight excluding hydrogens is 364 g/mol. The summed E-state index contributed by atoms with van der Waals surface area (Å²) >= 11 is 0. The lowest BCUT2D eigenvalue weighted by Crippen LogP contribution is -2.22. The van der Waals surface area contributed by atoms with Crippen molar-refractivity contribution in [3.8, 4) is 11.1 Å². The molecule has 0 saturated carbocycles. The Labute approximate surface area is 168 Å². The highest BCUT2D eigenvalue weighted by Crippen LogP contribution is 2.31. The maximum absolute atomic E-state index is 12.4. The molecule has 2 aromatic carbocycles. The van der Waals surface area contributed by atoms with Crippen LogP contribution in [0.25, 0.3) is 16.6 Å². The molecule has 3 N–H and O–H groups in total. The summed E-state index contributed by atoms with van der Waals surface area (Å²) in [7, 11) is 0. The lowest BCUT2D eigenvalue weighted by molar-refractivity contribution is -0.117. The second kappa shape index (κ2) is 7.59. The summed E-state index contributed by atoms with van der Waals surface area (Å²) in [5.41, 5.74) is 9.76. The summed E-state index contributed by atoms with van der Waals surface area (Å²) < 4.78 is 1.68. The number of Topliss-reactive ketones (excluding diaryl/α,β-unsaturated/α-hetero) is 1. The molecule has 1 amide bonds. The highest BCUT2D eigenvalue weighted by molar-refractivity contribution is 6.03. The van der Waals surface area contributed by atoms with Crippen molar-refractivity contribution >= 4 is 22.9 Å². The number of anilines is 1. The molecule has 0 aliphatic rings. The van der Waals surface area contributed by atoms with Crippen molar-refractivity contribution in [2.24, 2.45) is 5.73 Å². The van der Waals surface area contributed by atoms with E-state index in [1.807, 2.05) is 72.9 Å². The van der Waals surface area contributed by atoms with Gasteiger partial charge in [0.05, 0.1) is 23.0 Å². The smallest absolute Gasteiger partial charge is 0.252 e. The number of fused-ring (bicyclic) bond motifs is 1. The number of aromatic nitrogens is 2. The summed E-state index contributed by atoms with van der Waals surface area (Å²) in [5.74, 6) is -0.684. The summed E-state index contributed by atoms with van der Waals surface area (Å²) in [5, 5.41) is 7.57. The van der Waals surface area contributed by atoms with Crippen LogP contribution in [-0.4, -0.2) is 21.3 Å². The minimum absolute atomic E-state index is 0.0728. The van der Waals surface area contributed by atoms with Gasteiger partial charge in [-0.05, 0) is 24.1 Å². The van der Waals surface area contributed by atoms with Gasteiger partial charge in [-0.25, -0.2) is 4.52 Å². The fourth-order valence-corrected chi connectivity index (χ4v) is 3.39. The van der Waals surface area contributed by atoms with Crippen molar-refractivity contribution in [1.82, 2.24) is 9.61 Å². The third kappa shape index (κ3) is 3.60. The minimum Gasteiger partial charge on any atom is -0.369 e. The maximum Gasteiger partial charge on any atom is 0.252 e. The molecule has 6 heteroatoms. The van der Waals surface area contributed by atoms with E-state index in [1.54, 1.807) is 4.52 Å². The molecule has 0 bridgehead atoms. The molecule has 0 unspecified atom stereocenters. The standard InChI is InChI=1S/C23H20N4O2/c1-15(28)21(17-10-6-3-7-11-17)26-22-19(23(24)29)13-25-27-14-18(12-20(22)27)16-8-4-2-5-9-16/h2-14,21,26H,1H3,(H2,24,29)/t21-/m1/s1. The Kier molecular flexibility index (Phi) is 4.83. The monoisotopic (exact) mass is 384 g/mol. The number of benzene rings is 2. The molecule has 144 valence electrons. The predicted octanol–water partition coefficient (Wildman–Crippen LogP) is 3.84. The van der Waals surface area contributed by atoms with Crippen molar-refractivity contribution in [1.29, 1.82) is 0 Å². The number of ketones is 1. The Bertz CT molecular complexity index is 1180. The normalized spacial score (nSPS) is 11.9. The first kappa shape index (κ1) is 18.4. The van der Waals surface area contributed by atoms with Crippen LogP contribution in [0.5, 0.6) is 0 Å². The zero-order valence-electron chi connectivity index (χ0n) is 15.9. The van der Waals surface area contributed by atoms with E-state index in [9.17, 15) is 9.59 Å². The van der Waals surface area contributed by atoms with Gasteiger partial charge in [-0.2, -0.15) is 5.10 Å². The van der Waals surface area contributed by atoms with Crippen LogP contribution < -0.4 is 11.1 Å². The molecule has 4 rings (SSSR count). The number of hydrogen-bond acceptors (Lipinski definition) is 4. The van der Waals surface area contributed by atoms with Gasteiger partial charge in [-0.1, -0.05) is 60.7 Å². The Morgan fingerprint density at radius 2 is 1.66 bits per heavy atom. The fourth-order valence-electron chi connectivity index (χ4n) is 3.39. The van der Waals surface area contributed by atoms with Crippen molar-refractivity contribution in [3.63, 3.8) is 0 Å². The van der Waals surface area contributed by atoms with Crippen LogP contribution in [-0.2, 0) is 4.79 Å². The Hall–Kier alpha value is -3.93. The molecular formula is C23H20N4O2. The summed E-state index contributed by atoms with van der Waals surface area (Å²) in [6, 6.07) is 20.5. The lowest BCUT2D eigenvalue weighted by Gasteiger charge is -2.20. The van der Waals surface area contributed by atoms with Gasteiger partial charge >= 0.3 is 0 Å². The van der Waals surface area contributed by atoms with E-state index < -0.39 is 11.9 Å². The SMILES string of the molecule is CC(=O)[C@@H](Nc1c(C(N)=O)cnn2cc(-c3ccccc3)cc12)c1ccccc1. The lowest BCUT2D eigenvalue weighted by atomic mass is 10.0. The Morgan fingerprint density at radius 1 is 1.00 bits per heavy atom. The first-order chi connectivity index (χ1) is 14.0. The zero-order valence-corrected chi connectivity index (χ0v) is 15.9. The van der Waals surface area contributed by atoms with E-state index in [-0.39, 0.29) is 11.3 Å². The molecule has 0 spiro atoms. The Morgan fingerprint density at radius 3 is 2.28 bits per heavy atom. The number of carbonyl (C=O) groups is 2. The molecule has 6 nitrogen and oxygen atoms in total. The fraction of sp³-hybridized carbons (Fsp3) is 0.0870. The number of nitrogens with one attached hydrogen (secondary N) is 1. The van der Waals surface area contributed by atoms with Gasteiger partial charge in [0.1, 0.15) is 6.04 Å². The summed E-state index contributed by atoms with van der Waals surface area (Å²) in [4.78, 5) is 24.5. The largest absolute Gasteiger partial charge is 0.369 e. The van der Waals surface area contributed by atoms with Crippen LogP contribution in [0, 0.1) is 0 Å². The second-order valence-corrected chi connectivity index (χ2v) is 6.82. The summed E-state index contributed by atoms with van der Waals surface area (Å²) in [6.45, 7) is 1.51. The van der Waals surface area contributed by atoms with Gasteiger partial charge in [-0.15, -0.1) is 0 Å². The van der Waals surface area contributed by atoms with Gasteiger partial charge < -0.3 is 11.1 Å². The topological polar surface area (TPSA) is 89.5 Å². The molecule has 4 aromatic rings. The van der Waals surface area contributed by atoms with Crippen LogP contribution in [0.1, 0.15) is 28.9 Å². The first-order valence-electron chi connectivity index (χ1n) is 9.23. The van der Waals surface area contributed by atoms with E-state index in [4.69, 9.17) is 5.73 Å². The van der Waals surface area contributed by atoms with E-state index >= 15 is 0 Å². The molecule has 1 atom stereocenters. The zero-order chi connectivity index (χ0) is 20.4. The average Bonchev–Trinajstić information content (AvgIpc) is 3.17. The highest BCUT2D eigenvalue weighted by Gasteiger charge is 2.22. The molecule has 0 radical (unpaired) electrons. The van der Waals surface area contributed by atoms with Gasteiger partial charge in [-0.3, -0.25) is 9.59 Å². The number of nitrogens with zero attached hydrogens (tertiary/aromatic N) is 2. The van der Waals surface area contributed by atoms with Crippen LogP contribution in [0.4, 0.5) is 5.69 Å². The average molecular weight is 384 g/mol. The van der Waals surface area contributed by atoms with Crippen molar-refractivity contribution in [3.05, 3.63) is 90.3 Å². The highest BCUT2D eigenvalue weighted by atomic mass is 16.1.